The molecule has 0 aromatic heterocycles. The molecule has 2 nitrogen and oxygen atoms in total. The van der Waals surface area contributed by atoms with Gasteiger partial charge in [-0.25, -0.2) is 4.99 Å². The summed E-state index contributed by atoms with van der Waals surface area (Å²) in [6, 6.07) is 5.27. The van der Waals surface area contributed by atoms with E-state index in [1.54, 1.807) is 0 Å². The highest BCUT2D eigenvalue weighted by Crippen LogP contribution is 2.29. The fourth-order valence-corrected chi connectivity index (χ4v) is 1.87. The van der Waals surface area contributed by atoms with E-state index < -0.39 is 11.7 Å². The quantitative estimate of drug-likeness (QED) is 0.821. The van der Waals surface area contributed by atoms with Crippen molar-refractivity contribution in [3.8, 4) is 0 Å². The van der Waals surface area contributed by atoms with Crippen LogP contribution in [0.2, 0.25) is 0 Å². The molecule has 0 amide bonds. The van der Waals surface area contributed by atoms with E-state index in [0.29, 0.717) is 24.8 Å². The molecule has 0 bridgehead atoms. The van der Waals surface area contributed by atoms with Crippen LogP contribution < -0.4 is 0 Å². The van der Waals surface area contributed by atoms with Gasteiger partial charge in [0.15, 0.2) is 5.90 Å². The van der Waals surface area contributed by atoms with Crippen LogP contribution in [-0.2, 0) is 17.3 Å². The first-order valence-electron chi connectivity index (χ1n) is 6.22. The van der Waals surface area contributed by atoms with Gasteiger partial charge < -0.3 is 4.74 Å². The maximum atomic E-state index is 12.4. The number of benzene rings is 1. The number of aliphatic imine (C=N–C) groups is 1. The summed E-state index contributed by atoms with van der Waals surface area (Å²) < 4.78 is 42.7. The second-order valence-corrected chi connectivity index (χ2v) is 5.02. The first kappa shape index (κ1) is 13.9. The van der Waals surface area contributed by atoms with Crippen molar-refractivity contribution in [2.75, 3.05) is 6.61 Å². The molecular formula is C14H16F3NO. The third-order valence-electron chi connectivity index (χ3n) is 3.14. The minimum atomic E-state index is -4.29. The summed E-state index contributed by atoms with van der Waals surface area (Å²) in [6.07, 6.45) is -3.84. The fraction of sp³-hybridized carbons (Fsp3) is 0.500. The van der Waals surface area contributed by atoms with E-state index in [4.69, 9.17) is 4.74 Å². The zero-order valence-corrected chi connectivity index (χ0v) is 10.9. The minimum absolute atomic E-state index is 0.157. The lowest BCUT2D eigenvalue weighted by molar-refractivity contribution is -0.137. The molecular weight excluding hydrogens is 255 g/mol. The van der Waals surface area contributed by atoms with Crippen molar-refractivity contribution in [3.63, 3.8) is 0 Å². The summed E-state index contributed by atoms with van der Waals surface area (Å²) in [4.78, 5) is 4.43. The molecule has 0 aliphatic carbocycles. The number of ether oxygens (including phenoxy) is 1. The average molecular weight is 271 g/mol. The third kappa shape index (κ3) is 3.49. The number of hydrogen-bond donors (Lipinski definition) is 0. The maximum Gasteiger partial charge on any atom is 0.416 e. The number of rotatable bonds is 3. The van der Waals surface area contributed by atoms with Crippen molar-refractivity contribution in [1.29, 1.82) is 0 Å². The monoisotopic (exact) mass is 271 g/mol. The number of alkyl halides is 3. The van der Waals surface area contributed by atoms with E-state index in [-0.39, 0.29) is 6.04 Å². The molecule has 5 heteroatoms. The van der Waals surface area contributed by atoms with Crippen molar-refractivity contribution < 1.29 is 17.9 Å². The van der Waals surface area contributed by atoms with Gasteiger partial charge in [-0.1, -0.05) is 26.0 Å². The maximum absolute atomic E-state index is 12.4. The summed E-state index contributed by atoms with van der Waals surface area (Å²) in [6.45, 7) is 4.70. The lowest BCUT2D eigenvalue weighted by Crippen LogP contribution is -2.13. The molecule has 1 heterocycles. The minimum Gasteiger partial charge on any atom is -0.478 e. The first-order valence-corrected chi connectivity index (χ1v) is 6.22. The second-order valence-electron chi connectivity index (χ2n) is 5.02. The Labute approximate surface area is 110 Å². The van der Waals surface area contributed by atoms with Crippen LogP contribution >= 0.6 is 0 Å². The van der Waals surface area contributed by atoms with Crippen LogP contribution in [0.25, 0.3) is 0 Å². The van der Waals surface area contributed by atoms with Gasteiger partial charge in [-0.3, -0.25) is 0 Å². The Kier molecular flexibility index (Phi) is 3.83. The van der Waals surface area contributed by atoms with Crippen LogP contribution in [0.3, 0.4) is 0 Å². The fourth-order valence-electron chi connectivity index (χ4n) is 1.87. The molecule has 0 fully saturated rings. The molecule has 104 valence electrons. The average Bonchev–Trinajstić information content (AvgIpc) is 2.77. The van der Waals surface area contributed by atoms with Crippen LogP contribution in [0.1, 0.15) is 25.0 Å². The molecule has 1 aromatic rings. The van der Waals surface area contributed by atoms with E-state index >= 15 is 0 Å². The predicted molar refractivity (Wildman–Crippen MR) is 67.2 cm³/mol. The first-order chi connectivity index (χ1) is 8.86. The number of hydrogen-bond acceptors (Lipinski definition) is 2. The van der Waals surface area contributed by atoms with Crippen LogP contribution in [0, 0.1) is 5.92 Å². The Balaban J connectivity index is 2.03. The third-order valence-corrected chi connectivity index (χ3v) is 3.14. The van der Waals surface area contributed by atoms with Gasteiger partial charge in [0.25, 0.3) is 0 Å². The summed E-state index contributed by atoms with van der Waals surface area (Å²) >= 11 is 0. The van der Waals surface area contributed by atoms with Gasteiger partial charge in [0, 0.05) is 6.42 Å². The highest BCUT2D eigenvalue weighted by Gasteiger charge is 2.30. The van der Waals surface area contributed by atoms with E-state index in [2.05, 4.69) is 18.8 Å². The summed E-state index contributed by atoms with van der Waals surface area (Å²) in [5.74, 6) is 1.02. The van der Waals surface area contributed by atoms with Crippen LogP contribution in [-0.4, -0.2) is 18.5 Å². The molecule has 0 spiro atoms. The van der Waals surface area contributed by atoms with E-state index in [9.17, 15) is 13.2 Å². The topological polar surface area (TPSA) is 21.6 Å². The van der Waals surface area contributed by atoms with E-state index in [1.165, 1.54) is 12.1 Å². The van der Waals surface area contributed by atoms with Crippen LogP contribution in [0.5, 0.6) is 0 Å². The Morgan fingerprint density at radius 1 is 1.26 bits per heavy atom. The lowest BCUT2D eigenvalue weighted by Gasteiger charge is -2.07. The van der Waals surface area contributed by atoms with Gasteiger partial charge in [0.05, 0.1) is 11.6 Å². The Bertz CT molecular complexity index is 463. The second kappa shape index (κ2) is 5.23. The summed E-state index contributed by atoms with van der Waals surface area (Å²) in [5.41, 5.74) is 0.141. The highest BCUT2D eigenvalue weighted by molar-refractivity contribution is 5.80. The largest absolute Gasteiger partial charge is 0.478 e. The molecule has 19 heavy (non-hydrogen) atoms. The molecule has 0 N–H and O–H groups in total. The van der Waals surface area contributed by atoms with E-state index in [1.807, 2.05) is 0 Å². The Hall–Kier alpha value is -1.52. The molecule has 1 aromatic carbocycles. The van der Waals surface area contributed by atoms with Gasteiger partial charge in [-0.05, 0) is 23.6 Å². The zero-order chi connectivity index (χ0) is 14.0. The molecule has 1 atom stereocenters. The van der Waals surface area contributed by atoms with Crippen molar-refractivity contribution in [2.24, 2.45) is 10.9 Å². The van der Waals surface area contributed by atoms with Crippen molar-refractivity contribution in [1.82, 2.24) is 0 Å². The molecule has 0 saturated heterocycles. The van der Waals surface area contributed by atoms with Gasteiger partial charge in [-0.2, -0.15) is 13.2 Å². The molecule has 2 rings (SSSR count). The molecule has 1 aliphatic heterocycles. The molecule has 1 unspecified atom stereocenters. The molecule has 1 aliphatic rings. The van der Waals surface area contributed by atoms with E-state index in [0.717, 1.165) is 17.7 Å². The van der Waals surface area contributed by atoms with Crippen molar-refractivity contribution in [2.45, 2.75) is 32.5 Å². The smallest absolute Gasteiger partial charge is 0.416 e. The van der Waals surface area contributed by atoms with Gasteiger partial charge in [0.1, 0.15) is 6.61 Å². The lowest BCUT2D eigenvalue weighted by atomic mass is 10.1. The molecule has 0 saturated carbocycles. The molecule has 0 radical (unpaired) electrons. The normalized spacial score (nSPS) is 19.5. The predicted octanol–water partition coefficient (Wildman–Crippen LogP) is 3.70. The zero-order valence-electron chi connectivity index (χ0n) is 10.9. The Morgan fingerprint density at radius 3 is 2.37 bits per heavy atom. The highest BCUT2D eigenvalue weighted by atomic mass is 19.4. The van der Waals surface area contributed by atoms with Gasteiger partial charge >= 0.3 is 6.18 Å². The van der Waals surface area contributed by atoms with Crippen molar-refractivity contribution >= 4 is 5.90 Å². The number of halogens is 3. The Morgan fingerprint density at radius 2 is 1.89 bits per heavy atom. The van der Waals surface area contributed by atoms with Crippen molar-refractivity contribution in [3.05, 3.63) is 35.4 Å². The SMILES string of the molecule is CC(C)C1COC(Cc2ccc(C(F)(F)F)cc2)=N1. The van der Waals surface area contributed by atoms with Gasteiger partial charge in [0.2, 0.25) is 0 Å². The standard InChI is InChI=1S/C14H16F3NO/c1-9(2)12-8-19-13(18-12)7-10-3-5-11(6-4-10)14(15,16)17/h3-6,9,12H,7-8H2,1-2H3. The van der Waals surface area contributed by atoms with Gasteiger partial charge in [-0.15, -0.1) is 0 Å². The van der Waals surface area contributed by atoms with Crippen LogP contribution in [0.15, 0.2) is 29.3 Å². The summed E-state index contributed by atoms with van der Waals surface area (Å²) in [7, 11) is 0. The summed E-state index contributed by atoms with van der Waals surface area (Å²) in [5, 5.41) is 0. The number of nitrogens with zero attached hydrogens (tertiary/aromatic N) is 1. The van der Waals surface area contributed by atoms with Crippen LogP contribution in [0.4, 0.5) is 13.2 Å².